The molecular weight excluding hydrogens is 310 g/mol. The van der Waals surface area contributed by atoms with Crippen LogP contribution in [0.25, 0.3) is 0 Å². The standard InChI is InChI=1S/C16H21N5O3/c1-10(2)14-19-20-15(24-14)13-9-21(4-5-23-13)16(22)18-12-6-11(3)7-17-8-12/h6-8,10,13H,4-5,9H2,1-3H3,(H,18,22)/t13-/m1/s1. The van der Waals surface area contributed by atoms with Gasteiger partial charge in [0.05, 0.1) is 25.0 Å². The number of hydrogen-bond acceptors (Lipinski definition) is 6. The average Bonchev–Trinajstić information content (AvgIpc) is 3.05. The van der Waals surface area contributed by atoms with E-state index in [4.69, 9.17) is 9.15 Å². The van der Waals surface area contributed by atoms with Gasteiger partial charge in [0.15, 0.2) is 6.10 Å². The van der Waals surface area contributed by atoms with Gasteiger partial charge in [-0.05, 0) is 18.6 Å². The summed E-state index contributed by atoms with van der Waals surface area (Å²) < 4.78 is 11.3. The van der Waals surface area contributed by atoms with Crippen LogP contribution in [0.1, 0.15) is 43.2 Å². The van der Waals surface area contributed by atoms with Crippen molar-refractivity contribution in [3.8, 4) is 0 Å². The molecule has 0 aliphatic carbocycles. The zero-order chi connectivity index (χ0) is 17.1. The first-order valence-corrected chi connectivity index (χ1v) is 7.95. The van der Waals surface area contributed by atoms with Crippen molar-refractivity contribution in [3.05, 3.63) is 35.8 Å². The minimum Gasteiger partial charge on any atom is -0.422 e. The predicted octanol–water partition coefficient (Wildman–Crippen LogP) is 2.50. The van der Waals surface area contributed by atoms with Crippen LogP contribution >= 0.6 is 0 Å². The maximum atomic E-state index is 12.4. The van der Waals surface area contributed by atoms with Crippen LogP contribution in [0.15, 0.2) is 22.9 Å². The van der Waals surface area contributed by atoms with Gasteiger partial charge in [0.1, 0.15) is 0 Å². The molecule has 0 spiro atoms. The number of carbonyl (C=O) groups is 1. The molecular formula is C16H21N5O3. The molecule has 1 aliphatic rings. The Balaban J connectivity index is 1.65. The van der Waals surface area contributed by atoms with Gasteiger partial charge in [-0.3, -0.25) is 4.98 Å². The Kier molecular flexibility index (Phi) is 4.75. The summed E-state index contributed by atoms with van der Waals surface area (Å²) in [5, 5.41) is 10.9. The highest BCUT2D eigenvalue weighted by molar-refractivity contribution is 5.89. The largest absolute Gasteiger partial charge is 0.422 e. The van der Waals surface area contributed by atoms with Gasteiger partial charge in [0, 0.05) is 18.7 Å². The number of ether oxygens (including phenoxy) is 1. The van der Waals surface area contributed by atoms with Gasteiger partial charge in [0.2, 0.25) is 11.8 Å². The molecule has 2 aromatic heterocycles. The number of aromatic nitrogens is 3. The number of rotatable bonds is 3. The number of nitrogens with one attached hydrogen (secondary N) is 1. The lowest BCUT2D eigenvalue weighted by molar-refractivity contribution is -0.0276. The van der Waals surface area contributed by atoms with E-state index < -0.39 is 6.10 Å². The quantitative estimate of drug-likeness (QED) is 0.929. The molecule has 8 heteroatoms. The minimum atomic E-state index is -0.403. The molecule has 1 N–H and O–H groups in total. The van der Waals surface area contributed by atoms with E-state index >= 15 is 0 Å². The fourth-order valence-corrected chi connectivity index (χ4v) is 2.42. The lowest BCUT2D eigenvalue weighted by Crippen LogP contribution is -2.44. The summed E-state index contributed by atoms with van der Waals surface area (Å²) in [7, 11) is 0. The summed E-state index contributed by atoms with van der Waals surface area (Å²) in [6, 6.07) is 1.68. The van der Waals surface area contributed by atoms with Crippen LogP contribution in [0.2, 0.25) is 0 Å². The van der Waals surface area contributed by atoms with E-state index in [0.29, 0.717) is 37.2 Å². The maximum absolute atomic E-state index is 12.4. The first kappa shape index (κ1) is 16.4. The van der Waals surface area contributed by atoms with Gasteiger partial charge in [-0.2, -0.15) is 0 Å². The van der Waals surface area contributed by atoms with Gasteiger partial charge in [0.25, 0.3) is 0 Å². The highest BCUT2D eigenvalue weighted by Gasteiger charge is 2.29. The molecule has 8 nitrogen and oxygen atoms in total. The topological polar surface area (TPSA) is 93.4 Å². The molecule has 1 aliphatic heterocycles. The molecule has 1 fully saturated rings. The lowest BCUT2D eigenvalue weighted by Gasteiger charge is -2.31. The van der Waals surface area contributed by atoms with E-state index in [1.54, 1.807) is 17.3 Å². The fraction of sp³-hybridized carbons (Fsp3) is 0.500. The van der Waals surface area contributed by atoms with E-state index in [0.717, 1.165) is 5.56 Å². The third-order valence-electron chi connectivity index (χ3n) is 3.71. The van der Waals surface area contributed by atoms with Crippen molar-refractivity contribution in [2.75, 3.05) is 25.0 Å². The van der Waals surface area contributed by atoms with Crippen LogP contribution in [0.5, 0.6) is 0 Å². The Bertz CT molecular complexity index is 715. The number of aryl methyl sites for hydroxylation is 1. The monoisotopic (exact) mass is 331 g/mol. The zero-order valence-corrected chi connectivity index (χ0v) is 14.0. The molecule has 1 atom stereocenters. The average molecular weight is 331 g/mol. The van der Waals surface area contributed by atoms with Crippen LogP contribution in [0, 0.1) is 6.92 Å². The first-order valence-electron chi connectivity index (χ1n) is 7.95. The number of nitrogens with zero attached hydrogens (tertiary/aromatic N) is 4. The molecule has 0 radical (unpaired) electrons. The second-order valence-corrected chi connectivity index (χ2v) is 6.12. The van der Waals surface area contributed by atoms with E-state index in [9.17, 15) is 4.79 Å². The number of pyridine rings is 1. The van der Waals surface area contributed by atoms with Gasteiger partial charge >= 0.3 is 6.03 Å². The predicted molar refractivity (Wildman–Crippen MR) is 86.6 cm³/mol. The van der Waals surface area contributed by atoms with Gasteiger partial charge < -0.3 is 19.4 Å². The Morgan fingerprint density at radius 3 is 2.92 bits per heavy atom. The number of amides is 2. The number of hydrogen-bond donors (Lipinski definition) is 1. The molecule has 24 heavy (non-hydrogen) atoms. The van der Waals surface area contributed by atoms with Crippen molar-refractivity contribution in [1.82, 2.24) is 20.1 Å². The Morgan fingerprint density at radius 2 is 2.21 bits per heavy atom. The maximum Gasteiger partial charge on any atom is 0.322 e. The third kappa shape index (κ3) is 3.70. The van der Waals surface area contributed by atoms with Crippen molar-refractivity contribution in [1.29, 1.82) is 0 Å². The second-order valence-electron chi connectivity index (χ2n) is 6.12. The van der Waals surface area contributed by atoms with Crippen molar-refractivity contribution < 1.29 is 13.9 Å². The Morgan fingerprint density at radius 1 is 1.38 bits per heavy atom. The van der Waals surface area contributed by atoms with Crippen molar-refractivity contribution in [2.45, 2.75) is 32.8 Å². The fourth-order valence-electron chi connectivity index (χ4n) is 2.42. The van der Waals surface area contributed by atoms with Crippen molar-refractivity contribution in [3.63, 3.8) is 0 Å². The van der Waals surface area contributed by atoms with E-state index in [1.807, 2.05) is 26.8 Å². The summed E-state index contributed by atoms with van der Waals surface area (Å²) in [5.74, 6) is 1.14. The molecule has 0 unspecified atom stereocenters. The van der Waals surface area contributed by atoms with Crippen molar-refractivity contribution >= 4 is 11.7 Å². The van der Waals surface area contributed by atoms with Crippen LogP contribution < -0.4 is 5.32 Å². The molecule has 0 bridgehead atoms. The summed E-state index contributed by atoms with van der Waals surface area (Å²) in [5.41, 5.74) is 1.66. The minimum absolute atomic E-state index is 0.156. The van der Waals surface area contributed by atoms with Crippen LogP contribution in [0.3, 0.4) is 0 Å². The molecule has 3 heterocycles. The zero-order valence-electron chi connectivity index (χ0n) is 14.0. The number of anilines is 1. The van der Waals surface area contributed by atoms with E-state index in [-0.39, 0.29) is 11.9 Å². The summed E-state index contributed by atoms with van der Waals surface area (Å²) in [6.45, 7) is 7.18. The van der Waals surface area contributed by atoms with Gasteiger partial charge in [-0.1, -0.05) is 13.8 Å². The third-order valence-corrected chi connectivity index (χ3v) is 3.71. The SMILES string of the molecule is Cc1cncc(NC(=O)N2CCO[C@@H](c3nnc(C(C)C)o3)C2)c1. The number of carbonyl (C=O) groups excluding carboxylic acids is 1. The van der Waals surface area contributed by atoms with Gasteiger partial charge in [-0.15, -0.1) is 10.2 Å². The summed E-state index contributed by atoms with van der Waals surface area (Å²) >= 11 is 0. The molecule has 0 saturated carbocycles. The van der Waals surface area contributed by atoms with Crippen LogP contribution in [0.4, 0.5) is 10.5 Å². The van der Waals surface area contributed by atoms with E-state index in [2.05, 4.69) is 20.5 Å². The summed E-state index contributed by atoms with van der Waals surface area (Å²) in [4.78, 5) is 18.2. The molecule has 128 valence electrons. The molecule has 0 aromatic carbocycles. The molecule has 1 saturated heterocycles. The smallest absolute Gasteiger partial charge is 0.322 e. The highest BCUT2D eigenvalue weighted by Crippen LogP contribution is 2.23. The number of morpholine rings is 1. The lowest BCUT2D eigenvalue weighted by atomic mass is 10.2. The molecule has 2 amide bonds. The number of urea groups is 1. The first-order chi connectivity index (χ1) is 11.5. The Hall–Kier alpha value is -2.48. The Labute approximate surface area is 140 Å². The highest BCUT2D eigenvalue weighted by atomic mass is 16.5. The molecule has 2 aromatic rings. The van der Waals surface area contributed by atoms with Crippen LogP contribution in [-0.2, 0) is 4.74 Å². The normalized spacial score (nSPS) is 18.0. The second kappa shape index (κ2) is 6.96. The van der Waals surface area contributed by atoms with Crippen molar-refractivity contribution in [2.24, 2.45) is 0 Å². The summed E-state index contributed by atoms with van der Waals surface area (Å²) in [6.07, 6.45) is 2.96. The molecule has 3 rings (SSSR count). The van der Waals surface area contributed by atoms with Crippen LogP contribution in [-0.4, -0.2) is 45.8 Å². The van der Waals surface area contributed by atoms with E-state index in [1.165, 1.54) is 0 Å². The van der Waals surface area contributed by atoms with Gasteiger partial charge in [-0.25, -0.2) is 4.79 Å².